The number of anilines is 1. The molecule has 0 aromatic carbocycles. The zero-order valence-corrected chi connectivity index (χ0v) is 14.7. The summed E-state index contributed by atoms with van der Waals surface area (Å²) in [5, 5.41) is 3.19. The minimum atomic E-state index is 0.211. The average molecular weight is 344 g/mol. The Bertz CT molecular complexity index is 636. The number of hydrogen-bond donors (Lipinski definition) is 0. The fourth-order valence-corrected chi connectivity index (χ4v) is 4.64. The molecule has 2 fully saturated rings. The molecule has 4 rings (SSSR count). The van der Waals surface area contributed by atoms with Crippen LogP contribution in [0, 0.1) is 5.41 Å². The first kappa shape index (κ1) is 16.0. The van der Waals surface area contributed by atoms with Gasteiger partial charge in [-0.25, -0.2) is 4.98 Å². The Morgan fingerprint density at radius 2 is 2.25 bits per heavy atom. The lowest BCUT2D eigenvalue weighted by Gasteiger charge is -2.43. The molecule has 4 heterocycles. The van der Waals surface area contributed by atoms with E-state index >= 15 is 0 Å². The number of hydrogen-bond acceptors (Lipinski definition) is 6. The van der Waals surface area contributed by atoms with E-state index < -0.39 is 0 Å². The van der Waals surface area contributed by atoms with E-state index in [1.807, 2.05) is 24.7 Å². The van der Waals surface area contributed by atoms with Gasteiger partial charge >= 0.3 is 0 Å². The molecular formula is C18H24N4OS. The first-order valence-electron chi connectivity index (χ1n) is 8.67. The molecule has 2 aliphatic rings. The predicted octanol–water partition coefficient (Wildman–Crippen LogP) is 2.66. The van der Waals surface area contributed by atoms with Gasteiger partial charge in [0, 0.05) is 55.6 Å². The fourth-order valence-electron chi connectivity index (χ4n) is 3.97. The Morgan fingerprint density at radius 3 is 3.08 bits per heavy atom. The molecule has 6 heteroatoms. The van der Waals surface area contributed by atoms with E-state index in [1.54, 1.807) is 11.3 Å². The highest BCUT2D eigenvalue weighted by Gasteiger charge is 2.39. The molecule has 128 valence electrons. The van der Waals surface area contributed by atoms with Gasteiger partial charge in [-0.1, -0.05) is 6.07 Å². The lowest BCUT2D eigenvalue weighted by Crippen LogP contribution is -2.50. The lowest BCUT2D eigenvalue weighted by molar-refractivity contribution is 0.0106. The zero-order valence-electron chi connectivity index (χ0n) is 13.9. The van der Waals surface area contributed by atoms with Crippen molar-refractivity contribution in [2.45, 2.75) is 19.4 Å². The second-order valence-corrected chi connectivity index (χ2v) is 7.84. The van der Waals surface area contributed by atoms with E-state index in [0.29, 0.717) is 0 Å². The largest absolute Gasteiger partial charge is 0.379 e. The smallest absolute Gasteiger partial charge is 0.185 e. The number of nitrogens with zero attached hydrogens (tertiary/aromatic N) is 4. The molecule has 5 nitrogen and oxygen atoms in total. The van der Waals surface area contributed by atoms with Gasteiger partial charge in [0.25, 0.3) is 0 Å². The Morgan fingerprint density at radius 1 is 1.25 bits per heavy atom. The molecule has 0 N–H and O–H groups in total. The number of ether oxygens (including phenoxy) is 1. The SMILES string of the molecule is c1cncc(CN2CCC[C@]3(COCCN(c4nccs4)C3)C2)c1. The van der Waals surface area contributed by atoms with Crippen molar-refractivity contribution in [3.8, 4) is 0 Å². The third-order valence-electron chi connectivity index (χ3n) is 5.00. The van der Waals surface area contributed by atoms with E-state index in [1.165, 1.54) is 18.4 Å². The molecule has 0 saturated carbocycles. The Labute approximate surface area is 147 Å². The van der Waals surface area contributed by atoms with Gasteiger partial charge < -0.3 is 9.64 Å². The molecule has 2 aromatic heterocycles. The van der Waals surface area contributed by atoms with Gasteiger partial charge in [-0.15, -0.1) is 11.3 Å². The summed E-state index contributed by atoms with van der Waals surface area (Å²) in [5.74, 6) is 0. The summed E-state index contributed by atoms with van der Waals surface area (Å²) in [6.45, 7) is 6.87. The van der Waals surface area contributed by atoms with Crippen molar-refractivity contribution < 1.29 is 4.74 Å². The molecule has 2 aliphatic heterocycles. The van der Waals surface area contributed by atoms with Crippen LogP contribution in [0.25, 0.3) is 0 Å². The summed E-state index contributed by atoms with van der Waals surface area (Å²) >= 11 is 1.73. The third kappa shape index (κ3) is 3.61. The lowest BCUT2D eigenvalue weighted by atomic mass is 9.80. The Balaban J connectivity index is 1.48. The highest BCUT2D eigenvalue weighted by atomic mass is 32.1. The van der Waals surface area contributed by atoms with Gasteiger partial charge in [-0.2, -0.15) is 0 Å². The van der Waals surface area contributed by atoms with Crippen molar-refractivity contribution >= 4 is 16.5 Å². The molecule has 0 amide bonds. The molecule has 0 unspecified atom stereocenters. The zero-order chi connectivity index (χ0) is 16.2. The molecule has 0 aliphatic carbocycles. The maximum absolute atomic E-state index is 6.01. The quantitative estimate of drug-likeness (QED) is 0.856. The van der Waals surface area contributed by atoms with Crippen LogP contribution in [0.1, 0.15) is 18.4 Å². The monoisotopic (exact) mass is 344 g/mol. The van der Waals surface area contributed by atoms with Crippen LogP contribution < -0.4 is 4.90 Å². The average Bonchev–Trinajstić information content (AvgIpc) is 3.07. The second-order valence-electron chi connectivity index (χ2n) is 6.96. The van der Waals surface area contributed by atoms with Crippen molar-refractivity contribution in [1.29, 1.82) is 0 Å². The van der Waals surface area contributed by atoms with Crippen molar-refractivity contribution in [3.05, 3.63) is 41.7 Å². The molecular weight excluding hydrogens is 320 g/mol. The van der Waals surface area contributed by atoms with Gasteiger partial charge in [0.15, 0.2) is 5.13 Å². The summed E-state index contributed by atoms with van der Waals surface area (Å²) in [4.78, 5) is 13.7. The maximum Gasteiger partial charge on any atom is 0.185 e. The van der Waals surface area contributed by atoms with Gasteiger partial charge in [0.1, 0.15) is 0 Å². The van der Waals surface area contributed by atoms with Gasteiger partial charge in [-0.3, -0.25) is 9.88 Å². The summed E-state index contributed by atoms with van der Waals surface area (Å²) in [7, 11) is 0. The van der Waals surface area contributed by atoms with Crippen LogP contribution in [-0.4, -0.2) is 54.3 Å². The molecule has 24 heavy (non-hydrogen) atoms. The van der Waals surface area contributed by atoms with E-state index in [0.717, 1.165) is 51.1 Å². The van der Waals surface area contributed by atoms with Crippen LogP contribution in [0.4, 0.5) is 5.13 Å². The number of aromatic nitrogens is 2. The van der Waals surface area contributed by atoms with Crippen molar-refractivity contribution in [2.24, 2.45) is 5.41 Å². The van der Waals surface area contributed by atoms with E-state index in [9.17, 15) is 0 Å². The van der Waals surface area contributed by atoms with Gasteiger partial charge in [0.05, 0.1) is 13.2 Å². The number of piperidine rings is 1. The van der Waals surface area contributed by atoms with Crippen LogP contribution in [0.2, 0.25) is 0 Å². The van der Waals surface area contributed by atoms with E-state index in [-0.39, 0.29) is 5.41 Å². The van der Waals surface area contributed by atoms with E-state index in [4.69, 9.17) is 4.74 Å². The van der Waals surface area contributed by atoms with Crippen molar-refractivity contribution in [1.82, 2.24) is 14.9 Å². The Kier molecular flexibility index (Phi) is 4.78. The normalized spacial score (nSPS) is 25.8. The summed E-state index contributed by atoms with van der Waals surface area (Å²) in [6.07, 6.45) is 8.18. The minimum absolute atomic E-state index is 0.211. The number of thiazole rings is 1. The topological polar surface area (TPSA) is 41.5 Å². The first-order valence-corrected chi connectivity index (χ1v) is 9.54. The Hall–Kier alpha value is -1.50. The van der Waals surface area contributed by atoms with Crippen LogP contribution in [-0.2, 0) is 11.3 Å². The van der Waals surface area contributed by atoms with E-state index in [2.05, 4.69) is 31.2 Å². The molecule has 1 spiro atoms. The molecule has 0 radical (unpaired) electrons. The third-order valence-corrected chi connectivity index (χ3v) is 5.83. The summed E-state index contributed by atoms with van der Waals surface area (Å²) < 4.78 is 6.01. The number of pyridine rings is 1. The summed E-state index contributed by atoms with van der Waals surface area (Å²) in [5.41, 5.74) is 1.50. The van der Waals surface area contributed by atoms with Crippen molar-refractivity contribution in [2.75, 3.05) is 44.3 Å². The number of rotatable bonds is 3. The maximum atomic E-state index is 6.01. The fraction of sp³-hybridized carbons (Fsp3) is 0.556. The van der Waals surface area contributed by atoms with Crippen LogP contribution in [0.3, 0.4) is 0 Å². The van der Waals surface area contributed by atoms with Gasteiger partial charge in [-0.05, 0) is 31.0 Å². The van der Waals surface area contributed by atoms with Crippen molar-refractivity contribution in [3.63, 3.8) is 0 Å². The van der Waals surface area contributed by atoms with Crippen LogP contribution in [0.15, 0.2) is 36.1 Å². The number of likely N-dealkylation sites (tertiary alicyclic amines) is 1. The summed E-state index contributed by atoms with van der Waals surface area (Å²) in [6, 6.07) is 4.19. The molecule has 0 bridgehead atoms. The highest BCUT2D eigenvalue weighted by molar-refractivity contribution is 7.13. The van der Waals surface area contributed by atoms with Crippen LogP contribution >= 0.6 is 11.3 Å². The highest BCUT2D eigenvalue weighted by Crippen LogP contribution is 2.35. The molecule has 2 saturated heterocycles. The van der Waals surface area contributed by atoms with Crippen LogP contribution in [0.5, 0.6) is 0 Å². The molecule has 1 atom stereocenters. The first-order chi connectivity index (χ1) is 11.8. The standard InChI is InChI=1S/C18H24N4OS/c1-3-16(11-19-5-1)12-21-7-2-4-18(13-21)14-22(8-9-23-15-18)17-20-6-10-24-17/h1,3,5-6,10-11H,2,4,7-9,12-15H2/t18-/m0/s1. The molecule has 2 aromatic rings. The van der Waals surface area contributed by atoms with Gasteiger partial charge in [0.2, 0.25) is 0 Å². The minimum Gasteiger partial charge on any atom is -0.379 e. The second kappa shape index (κ2) is 7.17. The predicted molar refractivity (Wildman–Crippen MR) is 96.3 cm³/mol.